The molecule has 0 aromatic carbocycles. The van der Waals surface area contributed by atoms with Gasteiger partial charge in [-0.2, -0.15) is 0 Å². The van der Waals surface area contributed by atoms with Gasteiger partial charge in [-0.25, -0.2) is 4.79 Å². The summed E-state index contributed by atoms with van der Waals surface area (Å²) < 4.78 is 0.577. The lowest BCUT2D eigenvalue weighted by Gasteiger charge is -2.39. The Hall–Kier alpha value is -0.570. The van der Waals surface area contributed by atoms with Gasteiger partial charge in [-0.05, 0) is 12.3 Å². The highest BCUT2D eigenvalue weighted by Crippen LogP contribution is 2.24. The van der Waals surface area contributed by atoms with Gasteiger partial charge in [-0.3, -0.25) is 4.84 Å². The Morgan fingerprint density at radius 2 is 2.00 bits per heavy atom. The fourth-order valence-corrected chi connectivity index (χ4v) is 2.25. The first-order valence-corrected chi connectivity index (χ1v) is 6.14. The molecule has 0 saturated carbocycles. The Balaban J connectivity index is 2.55. The van der Waals surface area contributed by atoms with Gasteiger partial charge in [0.2, 0.25) is 0 Å². The molecule has 0 radical (unpaired) electrons. The van der Waals surface area contributed by atoms with Crippen molar-refractivity contribution >= 4 is 5.97 Å². The summed E-state index contributed by atoms with van der Waals surface area (Å²) in [4.78, 5) is 16.7. The summed E-state index contributed by atoms with van der Waals surface area (Å²) in [5, 5.41) is 0. The topological polar surface area (TPSA) is 26.3 Å². The zero-order chi connectivity index (χ0) is 11.3. The van der Waals surface area contributed by atoms with Crippen LogP contribution < -0.4 is 0 Å². The van der Waals surface area contributed by atoms with Gasteiger partial charge in [0, 0.05) is 19.8 Å². The molecule has 1 rings (SSSR count). The Bertz CT molecular complexity index is 202. The van der Waals surface area contributed by atoms with Crippen molar-refractivity contribution in [3.63, 3.8) is 0 Å². The van der Waals surface area contributed by atoms with E-state index in [-0.39, 0.29) is 5.97 Å². The molecule has 0 amide bonds. The van der Waals surface area contributed by atoms with Crippen LogP contribution in [0.2, 0.25) is 0 Å². The number of hydrogen-bond acceptors (Lipinski definition) is 2. The molecular formula is C12H24NO2+. The number of quaternary nitrogens is 1. The molecule has 0 aromatic heterocycles. The number of likely N-dealkylation sites (tertiary alicyclic amines) is 1. The van der Waals surface area contributed by atoms with Gasteiger partial charge in [0.1, 0.15) is 19.6 Å². The van der Waals surface area contributed by atoms with E-state index in [0.29, 0.717) is 4.65 Å². The van der Waals surface area contributed by atoms with E-state index in [9.17, 15) is 4.79 Å². The molecule has 0 aliphatic carbocycles. The third kappa shape index (κ3) is 3.82. The van der Waals surface area contributed by atoms with Gasteiger partial charge in [0.05, 0.1) is 0 Å². The van der Waals surface area contributed by atoms with Crippen molar-refractivity contribution in [1.29, 1.82) is 0 Å². The fourth-order valence-electron chi connectivity index (χ4n) is 2.25. The first kappa shape index (κ1) is 12.5. The Morgan fingerprint density at radius 3 is 2.47 bits per heavy atom. The molecule has 88 valence electrons. The molecule has 0 atom stereocenters. The third-order valence-electron chi connectivity index (χ3n) is 3.30. The molecule has 0 unspecified atom stereocenters. The van der Waals surface area contributed by atoms with Gasteiger partial charge in [0.15, 0.2) is 0 Å². The first-order chi connectivity index (χ1) is 7.08. The minimum atomic E-state index is -0.138. The van der Waals surface area contributed by atoms with Crippen molar-refractivity contribution in [2.24, 2.45) is 5.92 Å². The van der Waals surface area contributed by atoms with E-state index in [0.717, 1.165) is 38.4 Å². The van der Waals surface area contributed by atoms with Gasteiger partial charge < -0.3 is 0 Å². The van der Waals surface area contributed by atoms with Crippen LogP contribution in [0.5, 0.6) is 0 Å². The van der Waals surface area contributed by atoms with Crippen LogP contribution in [0.3, 0.4) is 0 Å². The summed E-state index contributed by atoms with van der Waals surface area (Å²) in [7, 11) is 0. The van der Waals surface area contributed by atoms with Crippen molar-refractivity contribution < 1.29 is 14.3 Å². The molecule has 3 heteroatoms. The molecule has 1 aliphatic rings. The highest BCUT2D eigenvalue weighted by atomic mass is 16.7. The van der Waals surface area contributed by atoms with Crippen LogP contribution in [-0.4, -0.2) is 30.2 Å². The minimum Gasteiger partial charge on any atom is -0.277 e. The zero-order valence-corrected chi connectivity index (χ0v) is 10.3. The number of carbonyl (C=O) groups excluding carboxylic acids is 1. The van der Waals surface area contributed by atoms with Gasteiger partial charge in [0.25, 0.3) is 0 Å². The smallest absolute Gasteiger partial charge is 0.277 e. The molecule has 0 spiro atoms. The fraction of sp³-hybridized carbons (Fsp3) is 0.917. The maximum absolute atomic E-state index is 11.1. The number of hydroxylamine groups is 3. The van der Waals surface area contributed by atoms with E-state index in [1.807, 2.05) is 0 Å². The Labute approximate surface area is 92.9 Å². The van der Waals surface area contributed by atoms with Crippen molar-refractivity contribution in [3.05, 3.63) is 0 Å². The van der Waals surface area contributed by atoms with Crippen molar-refractivity contribution in [2.45, 2.75) is 46.5 Å². The van der Waals surface area contributed by atoms with Gasteiger partial charge in [-0.15, -0.1) is 4.65 Å². The highest BCUT2D eigenvalue weighted by Gasteiger charge is 2.35. The van der Waals surface area contributed by atoms with Crippen LogP contribution in [0.1, 0.15) is 46.5 Å². The third-order valence-corrected chi connectivity index (χ3v) is 3.30. The second kappa shape index (κ2) is 5.50. The van der Waals surface area contributed by atoms with Gasteiger partial charge in [-0.1, -0.05) is 20.3 Å². The Kier molecular flexibility index (Phi) is 4.58. The quantitative estimate of drug-likeness (QED) is 0.672. The summed E-state index contributed by atoms with van der Waals surface area (Å²) in [5.41, 5.74) is 0. The van der Waals surface area contributed by atoms with Crippen molar-refractivity contribution in [2.75, 3.05) is 19.6 Å². The average molecular weight is 214 g/mol. The largest absolute Gasteiger partial charge is 0.363 e. The second-order valence-electron chi connectivity index (χ2n) is 4.85. The Morgan fingerprint density at radius 1 is 1.40 bits per heavy atom. The first-order valence-electron chi connectivity index (χ1n) is 6.14. The molecule has 0 aromatic rings. The maximum atomic E-state index is 11.1. The van der Waals surface area contributed by atoms with Crippen LogP contribution in [0.4, 0.5) is 0 Å². The average Bonchev–Trinajstić information content (AvgIpc) is 2.19. The summed E-state index contributed by atoms with van der Waals surface area (Å²) in [6.45, 7) is 8.96. The molecule has 3 nitrogen and oxygen atoms in total. The van der Waals surface area contributed by atoms with E-state index in [4.69, 9.17) is 4.84 Å². The van der Waals surface area contributed by atoms with E-state index < -0.39 is 0 Å². The normalized spacial score (nSPS) is 31.3. The molecule has 15 heavy (non-hydrogen) atoms. The number of nitrogens with zero attached hydrogens (tertiary/aromatic N) is 1. The summed E-state index contributed by atoms with van der Waals surface area (Å²) >= 11 is 0. The lowest BCUT2D eigenvalue weighted by Crippen LogP contribution is -2.54. The lowest BCUT2D eigenvalue weighted by molar-refractivity contribution is -1.09. The molecular weight excluding hydrogens is 190 g/mol. The molecule has 0 bridgehead atoms. The monoisotopic (exact) mass is 214 g/mol. The molecule has 1 saturated heterocycles. The molecule has 1 heterocycles. The van der Waals surface area contributed by atoms with E-state index in [2.05, 4.69) is 13.8 Å². The summed E-state index contributed by atoms with van der Waals surface area (Å²) in [6, 6.07) is 0. The SMILES string of the molecule is CCCC[N+]1(OC(C)=O)CCC(C)CC1. The molecule has 1 fully saturated rings. The lowest BCUT2D eigenvalue weighted by atomic mass is 9.98. The van der Waals surface area contributed by atoms with Crippen LogP contribution >= 0.6 is 0 Å². The summed E-state index contributed by atoms with van der Waals surface area (Å²) in [5.74, 6) is 0.647. The zero-order valence-electron chi connectivity index (χ0n) is 10.3. The number of rotatable bonds is 4. The molecule has 0 N–H and O–H groups in total. The number of carbonyl (C=O) groups is 1. The number of piperidine rings is 1. The molecule has 1 aliphatic heterocycles. The van der Waals surface area contributed by atoms with Gasteiger partial charge >= 0.3 is 5.97 Å². The second-order valence-corrected chi connectivity index (χ2v) is 4.85. The predicted octanol–water partition coefficient (Wildman–Crippen LogP) is 2.51. The maximum Gasteiger partial charge on any atom is 0.363 e. The van der Waals surface area contributed by atoms with Crippen LogP contribution in [0.25, 0.3) is 0 Å². The van der Waals surface area contributed by atoms with Crippen LogP contribution in [0.15, 0.2) is 0 Å². The highest BCUT2D eigenvalue weighted by molar-refractivity contribution is 5.65. The van der Waals surface area contributed by atoms with Crippen LogP contribution in [-0.2, 0) is 9.63 Å². The minimum absolute atomic E-state index is 0.138. The number of unbranched alkanes of at least 4 members (excludes halogenated alkanes) is 1. The standard InChI is InChI=1S/C12H24NO2/c1-4-5-8-13(15-12(3)14)9-6-11(2)7-10-13/h11H,4-10H2,1-3H3/q+1. The number of hydrogen-bond donors (Lipinski definition) is 0. The van der Waals surface area contributed by atoms with E-state index in [1.54, 1.807) is 0 Å². The van der Waals surface area contributed by atoms with Crippen molar-refractivity contribution in [3.8, 4) is 0 Å². The van der Waals surface area contributed by atoms with Crippen LogP contribution in [0, 0.1) is 5.92 Å². The van der Waals surface area contributed by atoms with E-state index in [1.165, 1.54) is 19.8 Å². The van der Waals surface area contributed by atoms with Crippen molar-refractivity contribution in [1.82, 2.24) is 0 Å². The van der Waals surface area contributed by atoms with E-state index >= 15 is 0 Å². The predicted molar refractivity (Wildman–Crippen MR) is 59.9 cm³/mol. The summed E-state index contributed by atoms with van der Waals surface area (Å²) in [6.07, 6.45) is 4.66.